The maximum Gasteiger partial charge on any atom is 0.343 e. The summed E-state index contributed by atoms with van der Waals surface area (Å²) < 4.78 is 22.0. The van der Waals surface area contributed by atoms with E-state index in [0.717, 1.165) is 0 Å². The number of hydrogen-bond donors (Lipinski definition) is 1. The van der Waals surface area contributed by atoms with Gasteiger partial charge in [0.05, 0.1) is 34.4 Å². The predicted molar refractivity (Wildman–Crippen MR) is 117 cm³/mol. The van der Waals surface area contributed by atoms with Crippen molar-refractivity contribution in [1.82, 2.24) is 0 Å². The van der Waals surface area contributed by atoms with Crippen LogP contribution in [-0.4, -0.2) is 12.6 Å². The normalized spacial score (nSPS) is 14.9. The van der Waals surface area contributed by atoms with Crippen LogP contribution in [0.4, 0.5) is 0 Å². The minimum atomic E-state index is -0.670. The third kappa shape index (κ3) is 3.98. The lowest BCUT2D eigenvalue weighted by atomic mass is 9.87. The number of benzene rings is 2. The number of nitrogens with zero attached hydrogens (tertiary/aromatic N) is 1. The van der Waals surface area contributed by atoms with Crippen LogP contribution >= 0.6 is 23.2 Å². The molecule has 1 unspecified atom stereocenters. The average molecular weight is 471 g/mol. The molecule has 0 saturated carbocycles. The highest BCUT2D eigenvalue weighted by molar-refractivity contribution is 6.37. The summed E-state index contributed by atoms with van der Waals surface area (Å²) in [6.45, 7) is 2.17. The van der Waals surface area contributed by atoms with Crippen LogP contribution in [0.25, 0.3) is 0 Å². The van der Waals surface area contributed by atoms with Crippen LogP contribution in [0.15, 0.2) is 64.6 Å². The van der Waals surface area contributed by atoms with Gasteiger partial charge in [-0.1, -0.05) is 29.3 Å². The number of fused-ring (bicyclic) bond motifs is 1. The van der Waals surface area contributed by atoms with Crippen LogP contribution in [0.1, 0.15) is 34.5 Å². The number of halogens is 2. The van der Waals surface area contributed by atoms with Crippen molar-refractivity contribution in [3.63, 3.8) is 0 Å². The molecule has 7 nitrogen and oxygen atoms in total. The summed E-state index contributed by atoms with van der Waals surface area (Å²) >= 11 is 12.3. The van der Waals surface area contributed by atoms with E-state index in [1.807, 2.05) is 0 Å². The lowest BCUT2D eigenvalue weighted by molar-refractivity contribution is 0.0734. The van der Waals surface area contributed by atoms with E-state index in [1.54, 1.807) is 31.2 Å². The highest BCUT2D eigenvalue weighted by Gasteiger charge is 2.33. The number of esters is 1. The standard InChI is InChI=1S/C23H16Cl2N2O5/c1-2-29-21-16(24)8-12(9-17(21)25)23(28)31-13-5-6-14-19(10-13)32-22(27)15(11-26)20(14)18-4-3-7-30-18/h3-10,20H,2,27H2,1H3. The fraction of sp³-hybridized carbons (Fsp3) is 0.130. The molecule has 2 N–H and O–H groups in total. The largest absolute Gasteiger partial charge is 0.491 e. The minimum absolute atomic E-state index is 0.0463. The smallest absolute Gasteiger partial charge is 0.343 e. The number of nitrogens with two attached hydrogens (primary N) is 1. The summed E-state index contributed by atoms with van der Waals surface area (Å²) in [4.78, 5) is 12.7. The molecule has 162 valence electrons. The van der Waals surface area contributed by atoms with Gasteiger partial charge in [0.1, 0.15) is 28.9 Å². The second kappa shape index (κ2) is 8.87. The highest BCUT2D eigenvalue weighted by Crippen LogP contribution is 2.43. The molecule has 2 aromatic carbocycles. The lowest BCUT2D eigenvalue weighted by Crippen LogP contribution is -2.21. The molecule has 0 radical (unpaired) electrons. The molecule has 3 aromatic rings. The molecule has 9 heteroatoms. The van der Waals surface area contributed by atoms with Crippen LogP contribution in [0, 0.1) is 11.3 Å². The lowest BCUT2D eigenvalue weighted by Gasteiger charge is -2.25. The Morgan fingerprint density at radius 3 is 2.59 bits per heavy atom. The van der Waals surface area contributed by atoms with E-state index >= 15 is 0 Å². The first kappa shape index (κ1) is 21.6. The molecule has 1 aliphatic rings. The Balaban J connectivity index is 1.63. The zero-order chi connectivity index (χ0) is 22.8. The van der Waals surface area contributed by atoms with Crippen molar-refractivity contribution in [2.24, 2.45) is 5.73 Å². The Labute approximate surface area is 193 Å². The minimum Gasteiger partial charge on any atom is -0.491 e. The third-order valence-electron chi connectivity index (χ3n) is 4.75. The molecule has 0 aliphatic carbocycles. The van der Waals surface area contributed by atoms with E-state index < -0.39 is 11.9 Å². The second-order valence-corrected chi connectivity index (χ2v) is 7.55. The molecule has 1 aromatic heterocycles. The first-order valence-electron chi connectivity index (χ1n) is 9.51. The molecule has 2 heterocycles. The summed E-state index contributed by atoms with van der Waals surface area (Å²) in [7, 11) is 0. The summed E-state index contributed by atoms with van der Waals surface area (Å²) in [5.74, 6) is 0.141. The summed E-state index contributed by atoms with van der Waals surface area (Å²) in [6.07, 6.45) is 1.51. The predicted octanol–water partition coefficient (Wildman–Crippen LogP) is 5.42. The highest BCUT2D eigenvalue weighted by atomic mass is 35.5. The maximum atomic E-state index is 12.7. The molecule has 1 atom stereocenters. The molecule has 0 bridgehead atoms. The van der Waals surface area contributed by atoms with Crippen LogP contribution < -0.4 is 19.9 Å². The van der Waals surface area contributed by atoms with Crippen molar-refractivity contribution in [1.29, 1.82) is 5.26 Å². The molecule has 0 fully saturated rings. The number of furan rings is 1. The summed E-state index contributed by atoms with van der Waals surface area (Å²) in [5, 5.41) is 9.94. The summed E-state index contributed by atoms with van der Waals surface area (Å²) in [6, 6.07) is 13.2. The van der Waals surface area contributed by atoms with Crippen molar-refractivity contribution in [2.45, 2.75) is 12.8 Å². The Hall–Kier alpha value is -3.60. The second-order valence-electron chi connectivity index (χ2n) is 6.73. The van der Waals surface area contributed by atoms with Gasteiger partial charge >= 0.3 is 5.97 Å². The number of allylic oxidation sites excluding steroid dienone is 1. The van der Waals surface area contributed by atoms with Crippen molar-refractivity contribution >= 4 is 29.2 Å². The van der Waals surface area contributed by atoms with Gasteiger partial charge in [0.25, 0.3) is 0 Å². The van der Waals surface area contributed by atoms with Crippen LogP contribution in [0.3, 0.4) is 0 Å². The molecular formula is C23H16Cl2N2O5. The topological polar surface area (TPSA) is 108 Å². The zero-order valence-corrected chi connectivity index (χ0v) is 18.2. The Bertz CT molecular complexity index is 1240. The van der Waals surface area contributed by atoms with Gasteiger partial charge in [0, 0.05) is 11.6 Å². The van der Waals surface area contributed by atoms with Gasteiger partial charge < -0.3 is 24.4 Å². The quantitative estimate of drug-likeness (QED) is 0.391. The third-order valence-corrected chi connectivity index (χ3v) is 5.31. The number of nitriles is 1. The van der Waals surface area contributed by atoms with E-state index in [9.17, 15) is 10.1 Å². The maximum absolute atomic E-state index is 12.7. The van der Waals surface area contributed by atoms with Gasteiger partial charge in [0.2, 0.25) is 5.88 Å². The zero-order valence-electron chi connectivity index (χ0n) is 16.7. The van der Waals surface area contributed by atoms with Gasteiger partial charge in [-0.25, -0.2) is 4.79 Å². The first-order valence-corrected chi connectivity index (χ1v) is 10.3. The monoisotopic (exact) mass is 470 g/mol. The fourth-order valence-corrected chi connectivity index (χ4v) is 3.97. The van der Waals surface area contributed by atoms with Gasteiger partial charge in [0.15, 0.2) is 5.75 Å². The van der Waals surface area contributed by atoms with Gasteiger partial charge in [-0.2, -0.15) is 5.26 Å². The molecule has 0 amide bonds. The van der Waals surface area contributed by atoms with E-state index in [4.69, 9.17) is 47.6 Å². The Morgan fingerprint density at radius 1 is 1.22 bits per heavy atom. The van der Waals surface area contributed by atoms with Gasteiger partial charge in [-0.05, 0) is 37.3 Å². The van der Waals surface area contributed by atoms with Crippen LogP contribution in [0.2, 0.25) is 10.0 Å². The van der Waals surface area contributed by atoms with Crippen molar-refractivity contribution in [3.8, 4) is 23.3 Å². The molecule has 0 saturated heterocycles. The number of carbonyl (C=O) groups is 1. The van der Waals surface area contributed by atoms with Crippen LogP contribution in [-0.2, 0) is 0 Å². The molecule has 4 rings (SSSR count). The molecule has 0 spiro atoms. The van der Waals surface area contributed by atoms with Crippen LogP contribution in [0.5, 0.6) is 17.2 Å². The molecule has 1 aliphatic heterocycles. The number of hydrogen-bond acceptors (Lipinski definition) is 7. The number of ether oxygens (including phenoxy) is 3. The van der Waals surface area contributed by atoms with E-state index in [2.05, 4.69) is 6.07 Å². The van der Waals surface area contributed by atoms with Gasteiger partial charge in [-0.15, -0.1) is 0 Å². The molecular weight excluding hydrogens is 455 g/mol. The number of carbonyl (C=O) groups excluding carboxylic acids is 1. The average Bonchev–Trinajstić information content (AvgIpc) is 3.29. The number of rotatable bonds is 5. The van der Waals surface area contributed by atoms with Crippen molar-refractivity contribution in [2.75, 3.05) is 6.61 Å². The molecule has 32 heavy (non-hydrogen) atoms. The Morgan fingerprint density at radius 2 is 1.97 bits per heavy atom. The summed E-state index contributed by atoms with van der Waals surface area (Å²) in [5.41, 5.74) is 7.00. The van der Waals surface area contributed by atoms with Gasteiger partial charge in [-0.3, -0.25) is 0 Å². The van der Waals surface area contributed by atoms with Crippen molar-refractivity contribution in [3.05, 3.63) is 87.1 Å². The Kier molecular flexibility index (Phi) is 5.99. The SMILES string of the molecule is CCOc1c(Cl)cc(C(=O)Oc2ccc3c(c2)OC(N)=C(C#N)C3c2ccco2)cc1Cl. The first-order chi connectivity index (χ1) is 15.4. The van der Waals surface area contributed by atoms with E-state index in [-0.39, 0.29) is 32.8 Å². The van der Waals surface area contributed by atoms with E-state index in [1.165, 1.54) is 24.5 Å². The van der Waals surface area contributed by atoms with Crippen molar-refractivity contribution < 1.29 is 23.4 Å². The van der Waals surface area contributed by atoms with E-state index in [0.29, 0.717) is 29.4 Å². The fourth-order valence-electron chi connectivity index (χ4n) is 3.37.